The maximum atomic E-state index is 12.2. The second-order valence-corrected chi connectivity index (χ2v) is 5.93. The highest BCUT2D eigenvalue weighted by Gasteiger charge is 2.11. The highest BCUT2D eigenvalue weighted by atomic mass is 35.5. The van der Waals surface area contributed by atoms with Gasteiger partial charge in [0.15, 0.2) is 0 Å². The summed E-state index contributed by atoms with van der Waals surface area (Å²) in [5, 5.41) is 3.58. The van der Waals surface area contributed by atoms with Crippen LogP contribution in [0.5, 0.6) is 5.75 Å². The molecule has 0 fully saturated rings. The molecule has 2 aromatic rings. The van der Waals surface area contributed by atoms with Crippen molar-refractivity contribution >= 4 is 17.6 Å². The predicted molar refractivity (Wildman–Crippen MR) is 97.6 cm³/mol. The molecule has 0 atom stereocenters. The van der Waals surface area contributed by atoms with Gasteiger partial charge in [-0.2, -0.15) is 0 Å². The molecule has 5 heteroatoms. The first-order valence-electron chi connectivity index (χ1n) is 8.05. The highest BCUT2D eigenvalue weighted by molar-refractivity contribution is 6.30. The lowest BCUT2D eigenvalue weighted by Gasteiger charge is -2.21. The van der Waals surface area contributed by atoms with Gasteiger partial charge in [-0.1, -0.05) is 41.9 Å². The summed E-state index contributed by atoms with van der Waals surface area (Å²) >= 11 is 5.92. The summed E-state index contributed by atoms with van der Waals surface area (Å²) in [5.41, 5.74) is 2.09. The Labute approximate surface area is 148 Å². The minimum atomic E-state index is -0.0854. The Bertz CT molecular complexity index is 662. The Morgan fingerprint density at radius 3 is 2.62 bits per heavy atom. The van der Waals surface area contributed by atoms with Gasteiger partial charge in [0.25, 0.3) is 0 Å². The van der Waals surface area contributed by atoms with E-state index in [9.17, 15) is 4.79 Å². The first-order valence-corrected chi connectivity index (χ1v) is 8.43. The third-order valence-electron chi connectivity index (χ3n) is 3.66. The summed E-state index contributed by atoms with van der Waals surface area (Å²) in [6.07, 6.45) is 0. The molecule has 0 aliphatic carbocycles. The van der Waals surface area contributed by atoms with Crippen molar-refractivity contribution < 1.29 is 9.53 Å². The van der Waals surface area contributed by atoms with Crippen LogP contribution in [0.1, 0.15) is 18.1 Å². The maximum absolute atomic E-state index is 12.2. The van der Waals surface area contributed by atoms with E-state index in [0.717, 1.165) is 16.9 Å². The molecule has 4 nitrogen and oxygen atoms in total. The molecule has 0 aliphatic heterocycles. The van der Waals surface area contributed by atoms with E-state index in [0.29, 0.717) is 31.3 Å². The van der Waals surface area contributed by atoms with Crippen molar-refractivity contribution in [2.24, 2.45) is 0 Å². The summed E-state index contributed by atoms with van der Waals surface area (Å²) in [7, 11) is 0. The zero-order chi connectivity index (χ0) is 17.4. The van der Waals surface area contributed by atoms with Gasteiger partial charge in [0, 0.05) is 18.1 Å². The van der Waals surface area contributed by atoms with E-state index < -0.39 is 0 Å². The molecule has 2 aromatic carbocycles. The molecule has 0 aliphatic rings. The summed E-state index contributed by atoms with van der Waals surface area (Å²) in [6.45, 7) is 6.02. The lowest BCUT2D eigenvalue weighted by molar-refractivity contribution is 0.195. The number of carbonyl (C=O) groups is 1. The molecule has 0 bridgehead atoms. The minimum Gasteiger partial charge on any atom is -0.491 e. The van der Waals surface area contributed by atoms with Crippen LogP contribution in [-0.2, 0) is 6.54 Å². The molecule has 0 saturated heterocycles. The predicted octanol–water partition coefficient (Wildman–Crippen LogP) is 4.26. The van der Waals surface area contributed by atoms with E-state index in [1.807, 2.05) is 56.3 Å². The van der Waals surface area contributed by atoms with Crippen molar-refractivity contribution in [1.82, 2.24) is 10.2 Å². The van der Waals surface area contributed by atoms with Gasteiger partial charge >= 0.3 is 6.03 Å². The lowest BCUT2D eigenvalue weighted by Crippen LogP contribution is -2.41. The topological polar surface area (TPSA) is 41.6 Å². The van der Waals surface area contributed by atoms with Gasteiger partial charge in [-0.3, -0.25) is 0 Å². The Hall–Kier alpha value is -2.20. The molecular formula is C19H23ClN2O2. The second kappa shape index (κ2) is 9.18. The van der Waals surface area contributed by atoms with Gasteiger partial charge in [0.1, 0.15) is 12.4 Å². The van der Waals surface area contributed by atoms with Crippen molar-refractivity contribution in [3.05, 3.63) is 64.7 Å². The SMILES string of the molecule is CCN(Cc1ccccc1)C(=O)NCCOc1ccc(Cl)cc1C. The number of hydrogen-bond donors (Lipinski definition) is 1. The number of carbonyl (C=O) groups excluding carboxylic acids is 1. The van der Waals surface area contributed by atoms with Crippen molar-refractivity contribution in [2.45, 2.75) is 20.4 Å². The smallest absolute Gasteiger partial charge is 0.317 e. The molecular weight excluding hydrogens is 324 g/mol. The molecule has 2 amide bonds. The minimum absolute atomic E-state index is 0.0854. The van der Waals surface area contributed by atoms with Crippen LogP contribution in [-0.4, -0.2) is 30.6 Å². The Kier molecular flexibility index (Phi) is 6.94. The molecule has 2 rings (SSSR count). The normalized spacial score (nSPS) is 10.3. The Morgan fingerprint density at radius 2 is 1.96 bits per heavy atom. The van der Waals surface area contributed by atoms with Crippen LogP contribution in [0.2, 0.25) is 5.02 Å². The molecule has 0 saturated carbocycles. The Balaban J connectivity index is 1.77. The molecule has 128 valence electrons. The maximum Gasteiger partial charge on any atom is 0.317 e. The Morgan fingerprint density at radius 1 is 1.21 bits per heavy atom. The standard InChI is InChI=1S/C19H23ClN2O2/c1-3-22(14-16-7-5-4-6-8-16)19(23)21-11-12-24-18-10-9-17(20)13-15(18)2/h4-10,13H,3,11-12,14H2,1-2H3,(H,21,23). The summed E-state index contributed by atoms with van der Waals surface area (Å²) < 4.78 is 5.68. The number of hydrogen-bond acceptors (Lipinski definition) is 2. The van der Waals surface area contributed by atoms with Gasteiger partial charge in [0.05, 0.1) is 6.54 Å². The number of nitrogens with zero attached hydrogens (tertiary/aromatic N) is 1. The first kappa shape index (κ1) is 18.1. The van der Waals surface area contributed by atoms with Crippen molar-refractivity contribution in [3.63, 3.8) is 0 Å². The fourth-order valence-corrected chi connectivity index (χ4v) is 2.56. The summed E-state index contributed by atoms with van der Waals surface area (Å²) in [5.74, 6) is 0.783. The van der Waals surface area contributed by atoms with Gasteiger partial charge in [-0.25, -0.2) is 4.79 Å². The number of amides is 2. The highest BCUT2D eigenvalue weighted by Crippen LogP contribution is 2.21. The van der Waals surface area contributed by atoms with E-state index in [2.05, 4.69) is 5.32 Å². The van der Waals surface area contributed by atoms with Gasteiger partial charge in [0.2, 0.25) is 0 Å². The quantitative estimate of drug-likeness (QED) is 0.761. The average Bonchev–Trinajstić information content (AvgIpc) is 2.58. The molecule has 0 unspecified atom stereocenters. The number of rotatable bonds is 7. The number of ether oxygens (including phenoxy) is 1. The number of benzene rings is 2. The van der Waals surface area contributed by atoms with Gasteiger partial charge in [-0.05, 0) is 43.2 Å². The largest absolute Gasteiger partial charge is 0.491 e. The van der Waals surface area contributed by atoms with Gasteiger partial charge in [-0.15, -0.1) is 0 Å². The fraction of sp³-hybridized carbons (Fsp3) is 0.316. The van der Waals surface area contributed by atoms with E-state index in [1.165, 1.54) is 0 Å². The second-order valence-electron chi connectivity index (χ2n) is 5.49. The van der Waals surface area contributed by atoms with Crippen LogP contribution in [0.4, 0.5) is 4.79 Å². The molecule has 1 N–H and O–H groups in total. The molecule has 0 radical (unpaired) electrons. The molecule has 0 spiro atoms. The van der Waals surface area contributed by atoms with E-state index in [1.54, 1.807) is 11.0 Å². The third-order valence-corrected chi connectivity index (χ3v) is 3.89. The number of aryl methyl sites for hydroxylation is 1. The molecule has 0 heterocycles. The summed E-state index contributed by atoms with van der Waals surface area (Å²) in [4.78, 5) is 14.0. The zero-order valence-electron chi connectivity index (χ0n) is 14.1. The zero-order valence-corrected chi connectivity index (χ0v) is 14.8. The van der Waals surface area contributed by atoms with Crippen LogP contribution in [0.25, 0.3) is 0 Å². The van der Waals surface area contributed by atoms with E-state index >= 15 is 0 Å². The number of urea groups is 1. The molecule has 24 heavy (non-hydrogen) atoms. The third kappa shape index (κ3) is 5.46. The van der Waals surface area contributed by atoms with Crippen molar-refractivity contribution in [3.8, 4) is 5.75 Å². The summed E-state index contributed by atoms with van der Waals surface area (Å²) in [6, 6.07) is 15.4. The van der Waals surface area contributed by atoms with Crippen LogP contribution < -0.4 is 10.1 Å². The van der Waals surface area contributed by atoms with Crippen molar-refractivity contribution in [2.75, 3.05) is 19.7 Å². The number of halogens is 1. The van der Waals surface area contributed by atoms with Gasteiger partial charge < -0.3 is 15.0 Å². The number of nitrogens with one attached hydrogen (secondary N) is 1. The lowest BCUT2D eigenvalue weighted by atomic mass is 10.2. The average molecular weight is 347 g/mol. The van der Waals surface area contributed by atoms with E-state index in [4.69, 9.17) is 16.3 Å². The monoisotopic (exact) mass is 346 g/mol. The van der Waals surface area contributed by atoms with Crippen LogP contribution in [0.15, 0.2) is 48.5 Å². The van der Waals surface area contributed by atoms with Crippen molar-refractivity contribution in [1.29, 1.82) is 0 Å². The fourth-order valence-electron chi connectivity index (χ4n) is 2.34. The molecule has 0 aromatic heterocycles. The van der Waals surface area contributed by atoms with Crippen LogP contribution in [0, 0.1) is 6.92 Å². The van der Waals surface area contributed by atoms with E-state index in [-0.39, 0.29) is 6.03 Å². The van der Waals surface area contributed by atoms with Crippen LogP contribution >= 0.6 is 11.6 Å². The first-order chi connectivity index (χ1) is 11.6. The van der Waals surface area contributed by atoms with Crippen LogP contribution in [0.3, 0.4) is 0 Å².